The molecule has 3 rings (SSSR count). The molecule has 0 fully saturated rings. The van der Waals surface area contributed by atoms with Gasteiger partial charge in [0, 0.05) is 22.0 Å². The second-order valence-corrected chi connectivity index (χ2v) is 5.55. The Morgan fingerprint density at radius 1 is 1.04 bits per heavy atom. The van der Waals surface area contributed by atoms with Gasteiger partial charge < -0.3 is 16.8 Å². The van der Waals surface area contributed by atoms with Crippen LogP contribution in [-0.2, 0) is 0 Å². The van der Waals surface area contributed by atoms with Crippen LogP contribution in [0, 0.1) is 5.41 Å². The van der Waals surface area contributed by atoms with Crippen LogP contribution in [0.25, 0.3) is 0 Å². The highest BCUT2D eigenvalue weighted by molar-refractivity contribution is 6.30. The maximum atomic E-state index is 8.46. The first kappa shape index (κ1) is 15.8. The van der Waals surface area contributed by atoms with Gasteiger partial charge in [0.2, 0.25) is 0 Å². The average molecular weight is 339 g/mol. The maximum Gasteiger partial charge on any atom is 0.145 e. The smallest absolute Gasteiger partial charge is 0.145 e. The average Bonchev–Trinajstić information content (AvgIpc) is 2.55. The second kappa shape index (κ2) is 6.55. The number of rotatable bonds is 4. The van der Waals surface area contributed by atoms with E-state index in [4.69, 9.17) is 28.5 Å². The van der Waals surface area contributed by atoms with Crippen molar-refractivity contribution in [1.82, 2.24) is 9.97 Å². The van der Waals surface area contributed by atoms with Gasteiger partial charge in [-0.05, 0) is 30.3 Å². The minimum atomic E-state index is 0.206. The van der Waals surface area contributed by atoms with Gasteiger partial charge in [-0.3, -0.25) is 5.41 Å². The number of benzene rings is 2. The molecule has 0 saturated carbocycles. The van der Waals surface area contributed by atoms with Gasteiger partial charge in [0.1, 0.15) is 18.0 Å². The number of nitrogen functional groups attached to an aromatic ring is 2. The molecule has 0 unspecified atom stereocenters. The Hall–Kier alpha value is -3.12. The predicted octanol–water partition coefficient (Wildman–Crippen LogP) is 3.45. The summed E-state index contributed by atoms with van der Waals surface area (Å²) in [5.41, 5.74) is 14.3. The largest absolute Gasteiger partial charge is 0.399 e. The lowest BCUT2D eigenvalue weighted by Gasteiger charge is -2.14. The number of nitrogens with zero attached hydrogens (tertiary/aromatic N) is 2. The molecule has 1 heterocycles. The fourth-order valence-electron chi connectivity index (χ4n) is 2.24. The lowest BCUT2D eigenvalue weighted by atomic mass is 10.0. The summed E-state index contributed by atoms with van der Waals surface area (Å²) in [5.74, 6) is 0.656. The highest BCUT2D eigenvalue weighted by Gasteiger charge is 2.16. The first-order valence-corrected chi connectivity index (χ1v) is 7.50. The zero-order valence-corrected chi connectivity index (χ0v) is 13.4. The van der Waals surface area contributed by atoms with E-state index in [-0.39, 0.29) is 11.5 Å². The molecule has 6 nitrogen and oxygen atoms in total. The Bertz CT molecular complexity index is 892. The van der Waals surface area contributed by atoms with E-state index < -0.39 is 0 Å². The van der Waals surface area contributed by atoms with E-state index >= 15 is 0 Å². The Morgan fingerprint density at radius 3 is 2.50 bits per heavy atom. The fraction of sp³-hybridized carbons (Fsp3) is 0. The van der Waals surface area contributed by atoms with Gasteiger partial charge >= 0.3 is 0 Å². The second-order valence-electron chi connectivity index (χ2n) is 5.11. The molecular weight excluding hydrogens is 324 g/mol. The summed E-state index contributed by atoms with van der Waals surface area (Å²) in [4.78, 5) is 8.22. The first-order valence-electron chi connectivity index (χ1n) is 7.12. The summed E-state index contributed by atoms with van der Waals surface area (Å²) < 4.78 is 0. The van der Waals surface area contributed by atoms with Crippen LogP contribution in [0.4, 0.5) is 23.0 Å². The topological polar surface area (TPSA) is 114 Å². The van der Waals surface area contributed by atoms with Crippen LogP contribution in [0.5, 0.6) is 0 Å². The van der Waals surface area contributed by atoms with Crippen LogP contribution in [0.2, 0.25) is 5.02 Å². The van der Waals surface area contributed by atoms with Gasteiger partial charge in [0.25, 0.3) is 0 Å². The third-order valence-corrected chi connectivity index (χ3v) is 3.65. The van der Waals surface area contributed by atoms with Gasteiger partial charge in [-0.25, -0.2) is 9.97 Å². The number of hydrogen-bond acceptors (Lipinski definition) is 6. The summed E-state index contributed by atoms with van der Waals surface area (Å²) in [6.07, 6.45) is 1.35. The summed E-state index contributed by atoms with van der Waals surface area (Å²) in [5, 5.41) is 12.2. The van der Waals surface area contributed by atoms with E-state index in [0.29, 0.717) is 27.7 Å². The van der Waals surface area contributed by atoms with Crippen molar-refractivity contribution in [3.63, 3.8) is 0 Å². The molecule has 0 bridgehead atoms. The van der Waals surface area contributed by atoms with E-state index in [9.17, 15) is 0 Å². The van der Waals surface area contributed by atoms with Crippen molar-refractivity contribution in [2.45, 2.75) is 0 Å². The molecule has 0 aliphatic carbocycles. The molecule has 0 radical (unpaired) electrons. The lowest BCUT2D eigenvalue weighted by Crippen LogP contribution is -2.12. The zero-order valence-electron chi connectivity index (χ0n) is 12.6. The van der Waals surface area contributed by atoms with Crippen molar-refractivity contribution in [3.05, 3.63) is 71.0 Å². The number of nitrogens with one attached hydrogen (secondary N) is 2. The summed E-state index contributed by atoms with van der Waals surface area (Å²) >= 11 is 6.00. The van der Waals surface area contributed by atoms with E-state index in [2.05, 4.69) is 15.3 Å². The normalized spacial score (nSPS) is 10.4. The molecule has 2 aromatic carbocycles. The molecule has 0 saturated heterocycles. The van der Waals surface area contributed by atoms with Gasteiger partial charge in [-0.1, -0.05) is 29.8 Å². The van der Waals surface area contributed by atoms with Gasteiger partial charge in [-0.15, -0.1) is 0 Å². The minimum Gasteiger partial charge on any atom is -0.399 e. The van der Waals surface area contributed by atoms with E-state index in [1.54, 1.807) is 36.4 Å². The lowest BCUT2D eigenvalue weighted by molar-refractivity contribution is 1.16. The molecule has 0 atom stereocenters. The molecule has 7 heteroatoms. The molecule has 6 N–H and O–H groups in total. The zero-order chi connectivity index (χ0) is 17.1. The van der Waals surface area contributed by atoms with E-state index in [0.717, 1.165) is 5.69 Å². The summed E-state index contributed by atoms with van der Waals surface area (Å²) in [6.45, 7) is 0. The number of hydrogen-bond donors (Lipinski definition) is 4. The summed E-state index contributed by atoms with van der Waals surface area (Å²) in [7, 11) is 0. The van der Waals surface area contributed by atoms with Crippen LogP contribution in [0.15, 0.2) is 54.9 Å². The summed E-state index contributed by atoms with van der Waals surface area (Å²) in [6, 6.07) is 14.2. The first-order chi connectivity index (χ1) is 11.5. The van der Waals surface area contributed by atoms with Crippen molar-refractivity contribution in [2.75, 3.05) is 16.8 Å². The van der Waals surface area contributed by atoms with Gasteiger partial charge in [0.15, 0.2) is 0 Å². The minimum absolute atomic E-state index is 0.206. The van der Waals surface area contributed by atoms with E-state index in [1.165, 1.54) is 6.33 Å². The Kier molecular flexibility index (Phi) is 4.31. The highest BCUT2D eigenvalue weighted by atomic mass is 35.5. The van der Waals surface area contributed by atoms with Gasteiger partial charge in [0.05, 0.1) is 11.3 Å². The van der Waals surface area contributed by atoms with Crippen LogP contribution >= 0.6 is 11.6 Å². The molecular formula is C17H15ClN6. The quantitative estimate of drug-likeness (QED) is 0.429. The van der Waals surface area contributed by atoms with Crippen LogP contribution in [0.3, 0.4) is 0 Å². The predicted molar refractivity (Wildman–Crippen MR) is 98.0 cm³/mol. The van der Waals surface area contributed by atoms with Crippen LogP contribution in [0.1, 0.15) is 11.1 Å². The van der Waals surface area contributed by atoms with Gasteiger partial charge in [-0.2, -0.15) is 0 Å². The number of nitrogens with two attached hydrogens (primary N) is 2. The Morgan fingerprint density at radius 2 is 1.79 bits per heavy atom. The van der Waals surface area contributed by atoms with Crippen molar-refractivity contribution < 1.29 is 0 Å². The van der Waals surface area contributed by atoms with E-state index in [1.807, 2.05) is 12.1 Å². The third kappa shape index (κ3) is 3.28. The molecule has 0 spiro atoms. The Labute approximate surface area is 144 Å². The van der Waals surface area contributed by atoms with Crippen LogP contribution < -0.4 is 16.8 Å². The fourth-order valence-corrected chi connectivity index (χ4v) is 2.43. The number of anilines is 4. The van der Waals surface area contributed by atoms with Crippen molar-refractivity contribution in [2.24, 2.45) is 0 Å². The molecule has 0 amide bonds. The standard InChI is InChI=1S/C17H15ClN6/c18-11-2-1-3-13(8-11)24-17-14(16(21)22-9-23-17)15(20)10-4-6-12(19)7-5-10/h1-9,20H,19H2,(H3,21,22,23,24). The van der Waals surface area contributed by atoms with Crippen LogP contribution in [-0.4, -0.2) is 15.7 Å². The molecule has 24 heavy (non-hydrogen) atoms. The third-order valence-electron chi connectivity index (χ3n) is 3.41. The van der Waals surface area contributed by atoms with Crippen molar-refractivity contribution >= 4 is 40.3 Å². The van der Waals surface area contributed by atoms with Crippen molar-refractivity contribution in [1.29, 1.82) is 5.41 Å². The molecule has 0 aliphatic heterocycles. The molecule has 0 aliphatic rings. The SMILES string of the molecule is N=C(c1ccc(N)cc1)c1c(N)ncnc1Nc1cccc(Cl)c1. The molecule has 3 aromatic rings. The molecule has 1 aromatic heterocycles. The van der Waals surface area contributed by atoms with Crippen molar-refractivity contribution in [3.8, 4) is 0 Å². The number of halogens is 1. The maximum absolute atomic E-state index is 8.46. The number of aromatic nitrogens is 2. The monoisotopic (exact) mass is 338 g/mol. The highest BCUT2D eigenvalue weighted by Crippen LogP contribution is 2.26. The molecule has 120 valence electrons. The Balaban J connectivity index is 2.01.